The molecule has 1 aromatic heterocycles. The first-order valence-electron chi connectivity index (χ1n) is 6.14. The van der Waals surface area contributed by atoms with Crippen molar-refractivity contribution in [1.82, 2.24) is 4.98 Å². The highest BCUT2D eigenvalue weighted by Crippen LogP contribution is 2.29. The molecule has 1 heterocycles. The van der Waals surface area contributed by atoms with Gasteiger partial charge in [-0.25, -0.2) is 9.78 Å². The molecule has 1 aromatic rings. The Labute approximate surface area is 105 Å². The number of hydrogen-bond donors (Lipinski definition) is 2. The molecular weight excluding hydrogens is 234 g/mol. The minimum absolute atomic E-state index is 0.114. The number of carboxylic acid groups (broad SMARTS) is 1. The van der Waals surface area contributed by atoms with Gasteiger partial charge in [0.15, 0.2) is 11.4 Å². The van der Waals surface area contributed by atoms with Crippen LogP contribution in [0.15, 0.2) is 18.3 Å². The number of ether oxygens (including phenoxy) is 1. The number of carbonyl (C=O) groups is 1. The number of rotatable bonds is 4. The van der Waals surface area contributed by atoms with E-state index in [1.54, 1.807) is 12.1 Å². The predicted molar refractivity (Wildman–Crippen MR) is 64.7 cm³/mol. The number of aromatic nitrogens is 1. The highest BCUT2D eigenvalue weighted by molar-refractivity contribution is 5.88. The Balaban J connectivity index is 2.03. The van der Waals surface area contributed by atoms with Gasteiger partial charge < -0.3 is 14.9 Å². The molecule has 1 fully saturated rings. The van der Waals surface area contributed by atoms with Crippen LogP contribution in [0.2, 0.25) is 0 Å². The summed E-state index contributed by atoms with van der Waals surface area (Å²) in [5, 5.41) is 19.2. The molecule has 1 aliphatic carbocycles. The Morgan fingerprint density at radius 2 is 2.11 bits per heavy atom. The molecule has 5 heteroatoms. The fourth-order valence-electron chi connectivity index (χ4n) is 2.23. The van der Waals surface area contributed by atoms with Crippen LogP contribution in [-0.2, 0) is 0 Å². The first-order valence-corrected chi connectivity index (χ1v) is 6.14. The Hall–Kier alpha value is -1.62. The molecule has 0 amide bonds. The van der Waals surface area contributed by atoms with Gasteiger partial charge in [-0.05, 0) is 25.0 Å². The predicted octanol–water partition coefficient (Wildman–Crippen LogP) is 1.85. The maximum absolute atomic E-state index is 10.9. The first kappa shape index (κ1) is 12.8. The molecule has 0 atom stereocenters. The molecule has 98 valence electrons. The number of aliphatic hydroxyl groups is 1. The molecule has 0 aliphatic heterocycles. The van der Waals surface area contributed by atoms with Gasteiger partial charge >= 0.3 is 5.97 Å². The molecule has 5 nitrogen and oxygen atoms in total. The van der Waals surface area contributed by atoms with Crippen LogP contribution in [0.1, 0.15) is 42.6 Å². The van der Waals surface area contributed by atoms with Crippen molar-refractivity contribution in [3.05, 3.63) is 24.0 Å². The fraction of sp³-hybridized carbons (Fsp3) is 0.538. The summed E-state index contributed by atoms with van der Waals surface area (Å²) in [5.41, 5.74) is -0.943. The summed E-state index contributed by atoms with van der Waals surface area (Å²) >= 11 is 0. The molecule has 0 bridgehead atoms. The van der Waals surface area contributed by atoms with E-state index in [1.807, 2.05) is 0 Å². The topological polar surface area (TPSA) is 79.7 Å². The van der Waals surface area contributed by atoms with E-state index < -0.39 is 11.6 Å². The summed E-state index contributed by atoms with van der Waals surface area (Å²) in [7, 11) is 0. The molecular formula is C13H17NO4. The van der Waals surface area contributed by atoms with E-state index in [4.69, 9.17) is 9.84 Å². The maximum atomic E-state index is 10.9. The third-order valence-corrected chi connectivity index (χ3v) is 3.25. The van der Waals surface area contributed by atoms with Gasteiger partial charge in [0.1, 0.15) is 6.61 Å². The summed E-state index contributed by atoms with van der Waals surface area (Å²) in [4.78, 5) is 14.7. The van der Waals surface area contributed by atoms with Gasteiger partial charge in [0.25, 0.3) is 0 Å². The van der Waals surface area contributed by atoms with Gasteiger partial charge in [-0.15, -0.1) is 0 Å². The highest BCUT2D eigenvalue weighted by Gasteiger charge is 2.30. The van der Waals surface area contributed by atoms with Gasteiger partial charge in [0.05, 0.1) is 5.60 Å². The lowest BCUT2D eigenvalue weighted by atomic mass is 9.85. The molecule has 2 rings (SSSR count). The molecule has 0 saturated heterocycles. The third kappa shape index (κ3) is 2.98. The van der Waals surface area contributed by atoms with Crippen molar-refractivity contribution in [2.75, 3.05) is 6.61 Å². The summed E-state index contributed by atoms with van der Waals surface area (Å²) in [6.45, 7) is 0.124. The van der Waals surface area contributed by atoms with Crippen LogP contribution >= 0.6 is 0 Å². The van der Waals surface area contributed by atoms with E-state index in [1.165, 1.54) is 6.20 Å². The van der Waals surface area contributed by atoms with Crippen molar-refractivity contribution in [1.29, 1.82) is 0 Å². The van der Waals surface area contributed by atoms with Crippen LogP contribution in [0, 0.1) is 0 Å². The largest absolute Gasteiger partial charge is 0.488 e. The summed E-state index contributed by atoms with van der Waals surface area (Å²) in [5.74, 6) is -0.912. The zero-order valence-electron chi connectivity index (χ0n) is 10.1. The minimum Gasteiger partial charge on any atom is -0.488 e. The lowest BCUT2D eigenvalue weighted by Crippen LogP contribution is -2.38. The van der Waals surface area contributed by atoms with Gasteiger partial charge in [-0.3, -0.25) is 0 Å². The van der Waals surface area contributed by atoms with E-state index in [-0.39, 0.29) is 18.1 Å². The van der Waals surface area contributed by atoms with E-state index in [2.05, 4.69) is 4.98 Å². The molecule has 0 aromatic carbocycles. The lowest BCUT2D eigenvalue weighted by molar-refractivity contribution is -0.0342. The monoisotopic (exact) mass is 251 g/mol. The van der Waals surface area contributed by atoms with Crippen molar-refractivity contribution in [3.63, 3.8) is 0 Å². The van der Waals surface area contributed by atoms with Crippen molar-refractivity contribution in [3.8, 4) is 5.75 Å². The Bertz CT molecular complexity index is 427. The van der Waals surface area contributed by atoms with Gasteiger partial charge in [-0.2, -0.15) is 0 Å². The zero-order valence-corrected chi connectivity index (χ0v) is 10.1. The van der Waals surface area contributed by atoms with Crippen LogP contribution in [0.25, 0.3) is 0 Å². The minimum atomic E-state index is -1.12. The number of nitrogens with zero attached hydrogens (tertiary/aromatic N) is 1. The summed E-state index contributed by atoms with van der Waals surface area (Å²) in [6.07, 6.45) is 5.92. The molecule has 0 unspecified atom stereocenters. The number of carboxylic acids is 1. The average molecular weight is 251 g/mol. The van der Waals surface area contributed by atoms with Crippen molar-refractivity contribution in [2.45, 2.75) is 37.7 Å². The average Bonchev–Trinajstić information content (AvgIpc) is 2.38. The Morgan fingerprint density at radius 3 is 2.78 bits per heavy atom. The van der Waals surface area contributed by atoms with E-state index in [0.717, 1.165) is 19.3 Å². The van der Waals surface area contributed by atoms with E-state index >= 15 is 0 Å². The second-order valence-corrected chi connectivity index (χ2v) is 4.73. The lowest BCUT2D eigenvalue weighted by Gasteiger charge is -2.31. The quantitative estimate of drug-likeness (QED) is 0.853. The Morgan fingerprint density at radius 1 is 1.39 bits per heavy atom. The molecule has 0 spiro atoms. The van der Waals surface area contributed by atoms with Crippen molar-refractivity contribution < 1.29 is 19.7 Å². The number of hydrogen-bond acceptors (Lipinski definition) is 4. The van der Waals surface area contributed by atoms with Gasteiger partial charge in [-0.1, -0.05) is 19.3 Å². The summed E-state index contributed by atoms with van der Waals surface area (Å²) in [6, 6.07) is 3.18. The zero-order chi connectivity index (χ0) is 13.0. The number of pyridine rings is 1. The van der Waals surface area contributed by atoms with E-state index in [9.17, 15) is 9.90 Å². The Kier molecular flexibility index (Phi) is 3.81. The molecule has 2 N–H and O–H groups in total. The van der Waals surface area contributed by atoms with Crippen LogP contribution in [-0.4, -0.2) is 33.4 Å². The maximum Gasteiger partial charge on any atom is 0.358 e. The summed E-state index contributed by atoms with van der Waals surface area (Å²) < 4.78 is 5.45. The number of aromatic carboxylic acids is 1. The van der Waals surface area contributed by atoms with Crippen LogP contribution in [0.4, 0.5) is 0 Å². The van der Waals surface area contributed by atoms with Crippen LogP contribution in [0.5, 0.6) is 5.75 Å². The fourth-order valence-corrected chi connectivity index (χ4v) is 2.23. The van der Waals surface area contributed by atoms with E-state index in [0.29, 0.717) is 12.8 Å². The van der Waals surface area contributed by atoms with Crippen LogP contribution < -0.4 is 4.74 Å². The molecule has 1 saturated carbocycles. The first-order chi connectivity index (χ1) is 8.61. The molecule has 1 aliphatic rings. The smallest absolute Gasteiger partial charge is 0.358 e. The van der Waals surface area contributed by atoms with Crippen molar-refractivity contribution in [2.24, 2.45) is 0 Å². The highest BCUT2D eigenvalue weighted by atomic mass is 16.5. The molecule has 18 heavy (non-hydrogen) atoms. The third-order valence-electron chi connectivity index (χ3n) is 3.25. The second-order valence-electron chi connectivity index (χ2n) is 4.73. The normalized spacial score (nSPS) is 18.3. The SMILES string of the molecule is O=C(O)c1ncccc1OCC1(O)CCCCC1. The van der Waals surface area contributed by atoms with Gasteiger partial charge in [0.2, 0.25) is 0 Å². The van der Waals surface area contributed by atoms with Crippen molar-refractivity contribution >= 4 is 5.97 Å². The molecule has 0 radical (unpaired) electrons. The standard InChI is InChI=1S/C13H17NO4/c15-12(16)11-10(5-4-8-14-11)18-9-13(17)6-2-1-3-7-13/h4-5,8,17H,1-3,6-7,9H2,(H,15,16). The second kappa shape index (κ2) is 5.35. The van der Waals surface area contributed by atoms with Crippen LogP contribution in [0.3, 0.4) is 0 Å². The van der Waals surface area contributed by atoms with Gasteiger partial charge in [0, 0.05) is 6.20 Å².